The molecule has 3 aromatic rings. The average molecular weight is 350 g/mol. The van der Waals surface area contributed by atoms with Gasteiger partial charge >= 0.3 is 0 Å². The topological polar surface area (TPSA) is 44.1 Å². The van der Waals surface area contributed by atoms with E-state index in [1.807, 2.05) is 54.6 Å². The van der Waals surface area contributed by atoms with Gasteiger partial charge in [0, 0.05) is 23.8 Å². The predicted molar refractivity (Wildman–Crippen MR) is 102 cm³/mol. The number of methoxy groups -OCH3 is 1. The molecule has 0 aliphatic rings. The van der Waals surface area contributed by atoms with Crippen molar-refractivity contribution in [2.24, 2.45) is 0 Å². The highest BCUT2D eigenvalue weighted by molar-refractivity contribution is 7.98. The predicted octanol–water partition coefficient (Wildman–Crippen LogP) is 4.18. The van der Waals surface area contributed by atoms with E-state index in [1.54, 1.807) is 24.1 Å². The molecule has 25 heavy (non-hydrogen) atoms. The first kappa shape index (κ1) is 17.0. The van der Waals surface area contributed by atoms with E-state index in [0.717, 1.165) is 22.6 Å². The molecule has 0 atom stereocenters. The summed E-state index contributed by atoms with van der Waals surface area (Å²) in [6, 6.07) is 15.5. The maximum Gasteiger partial charge on any atom is 0.287 e. The Bertz CT molecular complexity index is 916. The van der Waals surface area contributed by atoms with Gasteiger partial charge in [0.1, 0.15) is 5.75 Å². The third kappa shape index (κ3) is 4.00. The van der Waals surface area contributed by atoms with Gasteiger partial charge in [-0.2, -0.15) is 0 Å². The smallest absolute Gasteiger partial charge is 0.287 e. The standard InChI is InChI=1S/C20H18N2O2S/c1-3-15-4-6-16(7-5-15)14-25-19-20(23)22(13-12-21-19)17-8-10-18(24-2)11-9-17/h3-13H,1,14H2,2H3. The first-order chi connectivity index (χ1) is 12.2. The van der Waals surface area contributed by atoms with Crippen LogP contribution < -0.4 is 10.3 Å². The largest absolute Gasteiger partial charge is 0.497 e. The van der Waals surface area contributed by atoms with Crippen molar-refractivity contribution in [2.75, 3.05) is 7.11 Å². The lowest BCUT2D eigenvalue weighted by molar-refractivity contribution is 0.414. The molecule has 0 fully saturated rings. The molecule has 0 spiro atoms. The molecule has 3 rings (SSSR count). The van der Waals surface area contributed by atoms with Gasteiger partial charge < -0.3 is 4.74 Å². The van der Waals surface area contributed by atoms with Crippen molar-refractivity contribution in [3.05, 3.63) is 89.0 Å². The summed E-state index contributed by atoms with van der Waals surface area (Å²) in [4.78, 5) is 16.9. The molecule has 2 aromatic carbocycles. The lowest BCUT2D eigenvalue weighted by Gasteiger charge is -2.08. The fourth-order valence-electron chi connectivity index (χ4n) is 2.34. The average Bonchev–Trinajstić information content (AvgIpc) is 2.68. The van der Waals surface area contributed by atoms with Crippen molar-refractivity contribution in [3.63, 3.8) is 0 Å². The van der Waals surface area contributed by atoms with Crippen LogP contribution in [0.2, 0.25) is 0 Å². The zero-order chi connectivity index (χ0) is 17.6. The first-order valence-corrected chi connectivity index (χ1v) is 8.76. The summed E-state index contributed by atoms with van der Waals surface area (Å²) < 4.78 is 6.75. The molecule has 0 radical (unpaired) electrons. The second-order valence-electron chi connectivity index (χ2n) is 5.34. The van der Waals surface area contributed by atoms with Gasteiger partial charge in [-0.3, -0.25) is 9.36 Å². The highest BCUT2D eigenvalue weighted by Crippen LogP contribution is 2.19. The molecular weight excluding hydrogens is 332 g/mol. The van der Waals surface area contributed by atoms with Crippen LogP contribution >= 0.6 is 11.8 Å². The number of ether oxygens (including phenoxy) is 1. The quantitative estimate of drug-likeness (QED) is 0.626. The molecule has 126 valence electrons. The van der Waals surface area contributed by atoms with Gasteiger partial charge in [0.05, 0.1) is 7.11 Å². The molecule has 4 nitrogen and oxygen atoms in total. The normalized spacial score (nSPS) is 10.4. The van der Waals surface area contributed by atoms with Gasteiger partial charge in [-0.05, 0) is 35.4 Å². The molecule has 0 saturated carbocycles. The van der Waals surface area contributed by atoms with Gasteiger partial charge in [-0.25, -0.2) is 4.98 Å². The lowest BCUT2D eigenvalue weighted by atomic mass is 10.1. The van der Waals surface area contributed by atoms with Crippen LogP contribution in [0.3, 0.4) is 0 Å². The SMILES string of the molecule is C=Cc1ccc(CSc2nccn(-c3ccc(OC)cc3)c2=O)cc1. The zero-order valence-corrected chi connectivity index (χ0v) is 14.7. The van der Waals surface area contributed by atoms with E-state index in [0.29, 0.717) is 10.8 Å². The van der Waals surface area contributed by atoms with Crippen LogP contribution in [0.15, 0.2) is 77.3 Å². The fourth-order valence-corrected chi connectivity index (χ4v) is 3.19. The van der Waals surface area contributed by atoms with Crippen molar-refractivity contribution >= 4 is 17.8 Å². The molecule has 0 unspecified atom stereocenters. The van der Waals surface area contributed by atoms with Gasteiger partial charge in [0.2, 0.25) is 0 Å². The van der Waals surface area contributed by atoms with Gasteiger partial charge in [0.25, 0.3) is 5.56 Å². The summed E-state index contributed by atoms with van der Waals surface area (Å²) in [5, 5.41) is 0.478. The minimum Gasteiger partial charge on any atom is -0.497 e. The third-order valence-electron chi connectivity index (χ3n) is 3.75. The molecule has 0 aliphatic heterocycles. The number of thioether (sulfide) groups is 1. The second-order valence-corrected chi connectivity index (χ2v) is 6.30. The van der Waals surface area contributed by atoms with Crippen molar-refractivity contribution in [3.8, 4) is 11.4 Å². The molecule has 0 bridgehead atoms. The zero-order valence-electron chi connectivity index (χ0n) is 13.9. The molecule has 1 heterocycles. The van der Waals surface area contributed by atoms with Crippen LogP contribution in [0, 0.1) is 0 Å². The molecule has 0 aliphatic carbocycles. The Morgan fingerprint density at radius 3 is 2.52 bits per heavy atom. The number of hydrogen-bond donors (Lipinski definition) is 0. The highest BCUT2D eigenvalue weighted by Gasteiger charge is 2.08. The van der Waals surface area contributed by atoms with Gasteiger partial charge in [0.15, 0.2) is 5.03 Å². The minimum absolute atomic E-state index is 0.125. The number of benzene rings is 2. The monoisotopic (exact) mass is 350 g/mol. The van der Waals surface area contributed by atoms with Crippen molar-refractivity contribution < 1.29 is 4.74 Å². The first-order valence-electron chi connectivity index (χ1n) is 7.77. The summed E-state index contributed by atoms with van der Waals surface area (Å²) in [7, 11) is 1.62. The van der Waals surface area contributed by atoms with E-state index in [1.165, 1.54) is 11.8 Å². The van der Waals surface area contributed by atoms with E-state index < -0.39 is 0 Å². The van der Waals surface area contributed by atoms with Crippen LogP contribution in [-0.2, 0) is 5.75 Å². The van der Waals surface area contributed by atoms with E-state index in [9.17, 15) is 4.79 Å². The maximum absolute atomic E-state index is 12.7. The Morgan fingerprint density at radius 2 is 1.88 bits per heavy atom. The van der Waals surface area contributed by atoms with Crippen molar-refractivity contribution in [2.45, 2.75) is 10.8 Å². The summed E-state index contributed by atoms with van der Waals surface area (Å²) >= 11 is 1.44. The lowest BCUT2D eigenvalue weighted by Crippen LogP contribution is -2.20. The fraction of sp³-hybridized carbons (Fsp3) is 0.100. The number of aromatic nitrogens is 2. The van der Waals surface area contributed by atoms with Crippen LogP contribution in [0.25, 0.3) is 11.8 Å². The Kier molecular flexibility index (Phi) is 5.36. The van der Waals surface area contributed by atoms with E-state index in [4.69, 9.17) is 4.74 Å². The summed E-state index contributed by atoms with van der Waals surface area (Å²) in [5.74, 6) is 1.44. The van der Waals surface area contributed by atoms with Gasteiger partial charge in [-0.15, -0.1) is 0 Å². The summed E-state index contributed by atoms with van der Waals surface area (Å²) in [6.07, 6.45) is 5.13. The minimum atomic E-state index is -0.125. The van der Waals surface area contributed by atoms with E-state index in [2.05, 4.69) is 11.6 Å². The number of nitrogens with zero attached hydrogens (tertiary/aromatic N) is 2. The Balaban J connectivity index is 1.80. The van der Waals surface area contributed by atoms with Crippen molar-refractivity contribution in [1.29, 1.82) is 0 Å². The Morgan fingerprint density at radius 1 is 1.16 bits per heavy atom. The van der Waals surface area contributed by atoms with E-state index in [-0.39, 0.29) is 5.56 Å². The van der Waals surface area contributed by atoms with Crippen LogP contribution in [0.4, 0.5) is 0 Å². The third-order valence-corrected chi connectivity index (χ3v) is 4.78. The van der Waals surface area contributed by atoms with Crippen molar-refractivity contribution in [1.82, 2.24) is 9.55 Å². The molecule has 0 saturated heterocycles. The van der Waals surface area contributed by atoms with Crippen LogP contribution in [-0.4, -0.2) is 16.7 Å². The molecule has 0 amide bonds. The van der Waals surface area contributed by atoms with Gasteiger partial charge in [-0.1, -0.05) is 48.7 Å². The summed E-state index contributed by atoms with van der Waals surface area (Å²) in [6.45, 7) is 3.75. The molecular formula is C20H18N2O2S. The second kappa shape index (κ2) is 7.85. The molecule has 0 N–H and O–H groups in total. The number of hydrogen-bond acceptors (Lipinski definition) is 4. The van der Waals surface area contributed by atoms with Crippen LogP contribution in [0.1, 0.15) is 11.1 Å². The summed E-state index contributed by atoms with van der Waals surface area (Å²) in [5.41, 5.74) is 2.87. The number of rotatable bonds is 6. The van der Waals surface area contributed by atoms with Crippen LogP contribution in [0.5, 0.6) is 5.75 Å². The Labute approximate surface area is 150 Å². The van der Waals surface area contributed by atoms with E-state index >= 15 is 0 Å². The molecule has 5 heteroatoms. The highest BCUT2D eigenvalue weighted by atomic mass is 32.2. The molecule has 1 aromatic heterocycles. The maximum atomic E-state index is 12.7. The Hall–Kier alpha value is -2.79.